The van der Waals surface area contributed by atoms with Crippen LogP contribution in [0.2, 0.25) is 0 Å². The number of nitrogens with one attached hydrogen (secondary N) is 2. The summed E-state index contributed by atoms with van der Waals surface area (Å²) in [6.45, 7) is 7.69. The number of hydrogen-bond donors (Lipinski definition) is 4. The van der Waals surface area contributed by atoms with Crippen LogP contribution in [-0.4, -0.2) is 68.5 Å². The van der Waals surface area contributed by atoms with Crippen LogP contribution in [0.3, 0.4) is 0 Å². The van der Waals surface area contributed by atoms with Gasteiger partial charge in [-0.15, -0.1) is 11.3 Å². The Hall–Kier alpha value is -3.31. The Morgan fingerprint density at radius 3 is 2.38 bits per heavy atom. The van der Waals surface area contributed by atoms with Gasteiger partial charge in [0.05, 0.1) is 22.2 Å². The van der Waals surface area contributed by atoms with E-state index in [-0.39, 0.29) is 44.2 Å². The highest BCUT2D eigenvalue weighted by atomic mass is 32.1. The number of amides is 3. The molecule has 3 amide bonds. The highest BCUT2D eigenvalue weighted by Gasteiger charge is 2.44. The molecule has 0 saturated carbocycles. The molecule has 1 saturated heterocycles. The van der Waals surface area contributed by atoms with Gasteiger partial charge in [-0.2, -0.15) is 0 Å². The van der Waals surface area contributed by atoms with E-state index in [1.54, 1.807) is 16.8 Å². The van der Waals surface area contributed by atoms with Gasteiger partial charge in [-0.1, -0.05) is 45.0 Å². The minimum absolute atomic E-state index is 0.000872. The van der Waals surface area contributed by atoms with Gasteiger partial charge in [0.2, 0.25) is 17.7 Å². The smallest absolute Gasteiger partial charge is 0.303 e. The number of carbonyl (C=O) groups is 4. The fraction of sp³-hybridized carbons (Fsp3) is 0.536. The fourth-order valence-electron chi connectivity index (χ4n) is 4.58. The number of hydrogen-bond acceptors (Lipinski definition) is 7. The van der Waals surface area contributed by atoms with Crippen molar-refractivity contribution >= 4 is 35.0 Å². The first-order chi connectivity index (χ1) is 18.4. The van der Waals surface area contributed by atoms with Crippen LogP contribution in [0.4, 0.5) is 0 Å². The lowest BCUT2D eigenvalue weighted by Gasteiger charge is -2.35. The molecule has 11 heteroatoms. The molecule has 1 aliphatic heterocycles. The second-order valence-electron chi connectivity index (χ2n) is 11.0. The van der Waals surface area contributed by atoms with Gasteiger partial charge in [0, 0.05) is 32.4 Å². The van der Waals surface area contributed by atoms with Crippen molar-refractivity contribution in [3.8, 4) is 10.4 Å². The normalized spacial score (nSPS) is 18.0. The Kier molecular flexibility index (Phi) is 10.2. The molecule has 10 nitrogen and oxygen atoms in total. The van der Waals surface area contributed by atoms with Gasteiger partial charge in [0.25, 0.3) is 0 Å². The SMILES string of the molecule is Cc1ncsc1-c1ccc(CNC(=O)[C@@H]2C[C@H](O)CN2C(=O)[C@@H](NC(=O)CCCCC(=O)O)C(C)(C)C)cc1. The van der Waals surface area contributed by atoms with Crippen LogP contribution in [0.25, 0.3) is 10.4 Å². The number of nitrogens with zero attached hydrogens (tertiary/aromatic N) is 2. The molecule has 2 heterocycles. The summed E-state index contributed by atoms with van der Waals surface area (Å²) in [7, 11) is 0. The van der Waals surface area contributed by atoms with Crippen molar-refractivity contribution in [2.24, 2.45) is 5.41 Å². The van der Waals surface area contributed by atoms with E-state index < -0.39 is 35.5 Å². The van der Waals surface area contributed by atoms with Gasteiger partial charge in [0.1, 0.15) is 12.1 Å². The summed E-state index contributed by atoms with van der Waals surface area (Å²) in [6.07, 6.45) is 0.0982. The zero-order valence-electron chi connectivity index (χ0n) is 22.9. The number of carboxylic acids is 1. The van der Waals surface area contributed by atoms with Crippen LogP contribution >= 0.6 is 11.3 Å². The van der Waals surface area contributed by atoms with Crippen LogP contribution in [0.5, 0.6) is 0 Å². The number of aryl methyl sites for hydroxylation is 1. The van der Waals surface area contributed by atoms with Crippen molar-refractivity contribution in [2.75, 3.05) is 6.54 Å². The Balaban J connectivity index is 1.62. The minimum atomic E-state index is -0.918. The van der Waals surface area contributed by atoms with E-state index in [1.165, 1.54) is 4.90 Å². The molecule has 0 unspecified atom stereocenters. The molecule has 3 rings (SSSR count). The van der Waals surface area contributed by atoms with Crippen LogP contribution in [0.1, 0.15) is 64.1 Å². The second-order valence-corrected chi connectivity index (χ2v) is 11.9. The van der Waals surface area contributed by atoms with E-state index in [2.05, 4.69) is 15.6 Å². The number of unbranched alkanes of at least 4 members (excludes halogenated alkanes) is 1. The second kappa shape index (κ2) is 13.2. The van der Waals surface area contributed by atoms with Crippen molar-refractivity contribution in [1.82, 2.24) is 20.5 Å². The van der Waals surface area contributed by atoms with Gasteiger partial charge in [-0.25, -0.2) is 4.98 Å². The van der Waals surface area contributed by atoms with E-state index in [1.807, 2.05) is 52.0 Å². The first-order valence-electron chi connectivity index (χ1n) is 13.1. The molecule has 0 bridgehead atoms. The van der Waals surface area contributed by atoms with Gasteiger partial charge in [0.15, 0.2) is 0 Å². The molecule has 0 spiro atoms. The topological polar surface area (TPSA) is 149 Å². The lowest BCUT2D eigenvalue weighted by atomic mass is 9.85. The number of aliphatic hydroxyl groups excluding tert-OH is 1. The molecule has 2 aromatic rings. The number of aliphatic carboxylic acids is 1. The third-order valence-electron chi connectivity index (χ3n) is 6.76. The molecule has 4 N–H and O–H groups in total. The maximum Gasteiger partial charge on any atom is 0.303 e. The summed E-state index contributed by atoms with van der Waals surface area (Å²) >= 11 is 1.57. The number of carbonyl (C=O) groups excluding carboxylic acids is 3. The number of β-amino-alcohol motifs (C(OH)–C–C–N with tert-alkyl or cyclic N) is 1. The first kappa shape index (κ1) is 30.2. The third kappa shape index (κ3) is 8.34. The molecule has 1 fully saturated rings. The summed E-state index contributed by atoms with van der Waals surface area (Å²) in [6, 6.07) is 6.06. The summed E-state index contributed by atoms with van der Waals surface area (Å²) in [4.78, 5) is 56.7. The zero-order chi connectivity index (χ0) is 28.7. The van der Waals surface area contributed by atoms with E-state index in [0.717, 1.165) is 21.7 Å². The Morgan fingerprint density at radius 1 is 1.13 bits per heavy atom. The summed E-state index contributed by atoms with van der Waals surface area (Å²) in [5.41, 5.74) is 4.07. The summed E-state index contributed by atoms with van der Waals surface area (Å²) in [5.74, 6) is -2.07. The van der Waals surface area contributed by atoms with Crippen molar-refractivity contribution in [1.29, 1.82) is 0 Å². The minimum Gasteiger partial charge on any atom is -0.481 e. The predicted molar refractivity (Wildman–Crippen MR) is 148 cm³/mol. The average molecular weight is 559 g/mol. The molecule has 0 radical (unpaired) electrons. The standard InChI is InChI=1S/C28H38N4O6S/c1-17-24(39-16-30-17)19-11-9-18(10-12-19)14-29-26(37)21-13-20(33)15-32(21)27(38)25(28(2,3)4)31-22(34)7-5-6-8-23(35)36/h9-12,16,20-21,25,33H,5-8,13-15H2,1-4H3,(H,29,37)(H,31,34)(H,35,36)/t20-,21-,25+/m0/s1. The molecule has 0 aliphatic carbocycles. The van der Waals surface area contributed by atoms with Crippen molar-refractivity contribution < 1.29 is 29.4 Å². The van der Waals surface area contributed by atoms with E-state index in [0.29, 0.717) is 12.8 Å². The molecule has 1 aliphatic rings. The first-order valence-corrected chi connectivity index (χ1v) is 14.0. The van der Waals surface area contributed by atoms with Crippen LogP contribution in [0.15, 0.2) is 29.8 Å². The average Bonchev–Trinajstić information content (AvgIpc) is 3.48. The highest BCUT2D eigenvalue weighted by Crippen LogP contribution is 2.28. The Bertz CT molecular complexity index is 1170. The summed E-state index contributed by atoms with van der Waals surface area (Å²) in [5, 5.41) is 24.8. The zero-order valence-corrected chi connectivity index (χ0v) is 23.7. The number of carboxylic acid groups (broad SMARTS) is 1. The monoisotopic (exact) mass is 558 g/mol. The highest BCUT2D eigenvalue weighted by molar-refractivity contribution is 7.13. The molecule has 1 aromatic carbocycles. The van der Waals surface area contributed by atoms with Gasteiger partial charge < -0.3 is 25.7 Å². The van der Waals surface area contributed by atoms with E-state index in [9.17, 15) is 24.3 Å². The van der Waals surface area contributed by atoms with Crippen LogP contribution < -0.4 is 10.6 Å². The summed E-state index contributed by atoms with van der Waals surface area (Å²) < 4.78 is 0. The van der Waals surface area contributed by atoms with E-state index >= 15 is 0 Å². The Labute approximate surface area is 232 Å². The molecular formula is C28H38N4O6S. The number of benzene rings is 1. The molecular weight excluding hydrogens is 520 g/mol. The number of likely N-dealkylation sites (tertiary alicyclic amines) is 1. The number of aliphatic hydroxyl groups is 1. The predicted octanol–water partition coefficient (Wildman–Crippen LogP) is 2.87. The fourth-order valence-corrected chi connectivity index (χ4v) is 5.39. The van der Waals surface area contributed by atoms with Crippen molar-refractivity contribution in [2.45, 2.75) is 84.5 Å². The quantitative estimate of drug-likeness (QED) is 0.310. The van der Waals surface area contributed by atoms with Gasteiger partial charge in [-0.3, -0.25) is 19.2 Å². The van der Waals surface area contributed by atoms with Gasteiger partial charge in [-0.05, 0) is 36.3 Å². The maximum absolute atomic E-state index is 13.6. The third-order valence-corrected chi connectivity index (χ3v) is 7.73. The number of aromatic nitrogens is 1. The number of rotatable bonds is 11. The van der Waals surface area contributed by atoms with Crippen LogP contribution in [0, 0.1) is 12.3 Å². The van der Waals surface area contributed by atoms with Crippen molar-refractivity contribution in [3.63, 3.8) is 0 Å². The Morgan fingerprint density at radius 2 is 1.79 bits per heavy atom. The molecule has 1 aromatic heterocycles. The molecule has 39 heavy (non-hydrogen) atoms. The van der Waals surface area contributed by atoms with Gasteiger partial charge >= 0.3 is 5.97 Å². The van der Waals surface area contributed by atoms with Crippen LogP contribution in [-0.2, 0) is 25.7 Å². The van der Waals surface area contributed by atoms with E-state index in [4.69, 9.17) is 5.11 Å². The lowest BCUT2D eigenvalue weighted by molar-refractivity contribution is -0.144. The van der Waals surface area contributed by atoms with Crippen molar-refractivity contribution in [3.05, 3.63) is 41.0 Å². The maximum atomic E-state index is 13.6. The molecule has 3 atom stereocenters. The largest absolute Gasteiger partial charge is 0.481 e. The number of thiazole rings is 1. The lowest BCUT2D eigenvalue weighted by Crippen LogP contribution is -2.57. The molecule has 212 valence electrons.